The van der Waals surface area contributed by atoms with E-state index in [2.05, 4.69) is 19.6 Å². The first-order valence-electron chi connectivity index (χ1n) is 5.71. The normalized spacial score (nSPS) is 11.2. The van der Waals surface area contributed by atoms with E-state index in [1.165, 1.54) is 6.04 Å². The Hall–Kier alpha value is -1.09. The lowest BCUT2D eigenvalue weighted by molar-refractivity contribution is 0.0505. The minimum absolute atomic E-state index is 0.212. The molecule has 0 bridgehead atoms. The van der Waals surface area contributed by atoms with Gasteiger partial charge in [-0.05, 0) is 18.6 Å². The Morgan fingerprint density at radius 1 is 1.19 bits per heavy atom. The fraction of sp³-hybridized carbons (Fsp3) is 0.462. The molecule has 0 fully saturated rings. The zero-order chi connectivity index (χ0) is 12.0. The first-order valence-corrected chi connectivity index (χ1v) is 9.42. The fourth-order valence-corrected chi connectivity index (χ4v) is 2.63. The van der Waals surface area contributed by atoms with E-state index in [0.29, 0.717) is 12.2 Å². The summed E-state index contributed by atoms with van der Waals surface area (Å²) < 4.78 is 5.21. The molecule has 0 aromatic heterocycles. The summed E-state index contributed by atoms with van der Waals surface area (Å²) in [6, 6.07) is 10.3. The van der Waals surface area contributed by atoms with Crippen molar-refractivity contribution in [3.05, 3.63) is 35.9 Å². The molecule has 2 nitrogen and oxygen atoms in total. The highest BCUT2D eigenvalue weighted by Crippen LogP contribution is 2.11. The molecule has 0 aliphatic rings. The minimum atomic E-state index is -1.000. The van der Waals surface area contributed by atoms with E-state index in [0.717, 1.165) is 6.42 Å². The van der Waals surface area contributed by atoms with Gasteiger partial charge in [-0.1, -0.05) is 43.9 Å². The Morgan fingerprint density at radius 3 is 2.38 bits per heavy atom. The maximum atomic E-state index is 11.6. The summed E-state index contributed by atoms with van der Waals surface area (Å²) in [5.74, 6) is -0.212. The van der Waals surface area contributed by atoms with Crippen molar-refractivity contribution in [2.24, 2.45) is 0 Å². The molecule has 0 unspecified atom stereocenters. The van der Waals surface area contributed by atoms with Crippen LogP contribution < -0.4 is 0 Å². The number of rotatable bonds is 5. The highest BCUT2D eigenvalue weighted by molar-refractivity contribution is 6.76. The predicted octanol–water partition coefficient (Wildman–Crippen LogP) is 3.57. The number of benzene rings is 1. The minimum Gasteiger partial charge on any atom is -0.462 e. The average molecular weight is 236 g/mol. The third-order valence-electron chi connectivity index (χ3n) is 2.31. The zero-order valence-electron chi connectivity index (χ0n) is 10.3. The summed E-state index contributed by atoms with van der Waals surface area (Å²) in [5, 5.41) is 0. The molecule has 0 amide bonds. The Kier molecular flexibility index (Phi) is 4.74. The molecule has 16 heavy (non-hydrogen) atoms. The van der Waals surface area contributed by atoms with E-state index in [4.69, 9.17) is 4.74 Å². The molecule has 1 rings (SSSR count). The smallest absolute Gasteiger partial charge is 0.338 e. The molecule has 0 spiro atoms. The van der Waals surface area contributed by atoms with Crippen molar-refractivity contribution >= 4 is 14.0 Å². The van der Waals surface area contributed by atoms with Crippen LogP contribution in [0.5, 0.6) is 0 Å². The van der Waals surface area contributed by atoms with Crippen molar-refractivity contribution < 1.29 is 9.53 Å². The van der Waals surface area contributed by atoms with Gasteiger partial charge in [-0.25, -0.2) is 4.79 Å². The standard InChI is InChI=1S/C13H20O2Si/c1-16(2,3)11-7-10-15-13(14)12-8-5-4-6-9-12/h4-6,8-9H,7,10-11H2,1-3H3. The van der Waals surface area contributed by atoms with E-state index in [-0.39, 0.29) is 5.97 Å². The van der Waals surface area contributed by atoms with Crippen molar-refractivity contribution in [1.82, 2.24) is 0 Å². The maximum absolute atomic E-state index is 11.6. The summed E-state index contributed by atoms with van der Waals surface area (Å²) >= 11 is 0. The zero-order valence-corrected chi connectivity index (χ0v) is 11.3. The van der Waals surface area contributed by atoms with Gasteiger partial charge in [-0.3, -0.25) is 0 Å². The second kappa shape index (κ2) is 5.85. The molecule has 0 heterocycles. The van der Waals surface area contributed by atoms with Crippen LogP contribution in [0.4, 0.5) is 0 Å². The number of ether oxygens (including phenoxy) is 1. The first kappa shape index (κ1) is 13.0. The van der Waals surface area contributed by atoms with Gasteiger partial charge in [0.1, 0.15) is 0 Å². The Labute approximate surface area is 98.6 Å². The van der Waals surface area contributed by atoms with Crippen molar-refractivity contribution in [3.8, 4) is 0 Å². The molecule has 1 aromatic rings. The Balaban J connectivity index is 2.27. The van der Waals surface area contributed by atoms with Crippen LogP contribution >= 0.6 is 0 Å². The number of hydrogen-bond acceptors (Lipinski definition) is 2. The van der Waals surface area contributed by atoms with Gasteiger partial charge >= 0.3 is 5.97 Å². The van der Waals surface area contributed by atoms with E-state index < -0.39 is 8.07 Å². The molecule has 0 aliphatic carbocycles. The number of esters is 1. The van der Waals surface area contributed by atoms with Gasteiger partial charge in [0.2, 0.25) is 0 Å². The van der Waals surface area contributed by atoms with Crippen LogP contribution in [0, 0.1) is 0 Å². The van der Waals surface area contributed by atoms with Crippen molar-refractivity contribution in [2.75, 3.05) is 6.61 Å². The van der Waals surface area contributed by atoms with Crippen LogP contribution in [0.15, 0.2) is 30.3 Å². The fourth-order valence-electron chi connectivity index (χ4n) is 1.42. The molecule has 0 saturated heterocycles. The summed E-state index contributed by atoms with van der Waals surface area (Å²) in [6.07, 6.45) is 0.980. The largest absolute Gasteiger partial charge is 0.462 e. The molecule has 0 aliphatic heterocycles. The SMILES string of the molecule is C[Si](C)(C)CCCOC(=O)c1ccccc1. The number of carbonyl (C=O) groups is 1. The third-order valence-corrected chi connectivity index (χ3v) is 4.17. The molecular formula is C13H20O2Si. The molecule has 0 atom stereocenters. The third kappa shape index (κ3) is 5.12. The topological polar surface area (TPSA) is 26.3 Å². The summed E-state index contributed by atoms with van der Waals surface area (Å²) in [6.45, 7) is 7.52. The molecule has 1 aromatic carbocycles. The molecule has 0 radical (unpaired) electrons. The van der Waals surface area contributed by atoms with Crippen LogP contribution in [0.1, 0.15) is 16.8 Å². The lowest BCUT2D eigenvalue weighted by Crippen LogP contribution is -2.20. The van der Waals surface area contributed by atoms with Gasteiger partial charge in [-0.2, -0.15) is 0 Å². The van der Waals surface area contributed by atoms with Crippen LogP contribution in [0.3, 0.4) is 0 Å². The van der Waals surface area contributed by atoms with E-state index in [1.807, 2.05) is 18.2 Å². The Bertz CT molecular complexity index is 328. The van der Waals surface area contributed by atoms with Crippen LogP contribution in [0.2, 0.25) is 25.7 Å². The lowest BCUT2D eigenvalue weighted by Gasteiger charge is -2.15. The van der Waals surface area contributed by atoms with Crippen LogP contribution in [-0.2, 0) is 4.74 Å². The van der Waals surface area contributed by atoms with Gasteiger partial charge in [0.05, 0.1) is 12.2 Å². The first-order chi connectivity index (χ1) is 7.49. The van der Waals surface area contributed by atoms with Gasteiger partial charge < -0.3 is 4.74 Å². The number of hydrogen-bond donors (Lipinski definition) is 0. The molecular weight excluding hydrogens is 216 g/mol. The molecule has 0 N–H and O–H groups in total. The average Bonchev–Trinajstić information content (AvgIpc) is 2.24. The molecule has 0 saturated carbocycles. The van der Waals surface area contributed by atoms with Gasteiger partial charge in [0.15, 0.2) is 0 Å². The monoisotopic (exact) mass is 236 g/mol. The van der Waals surface area contributed by atoms with E-state index in [9.17, 15) is 4.79 Å². The summed E-state index contributed by atoms with van der Waals surface area (Å²) in [5.41, 5.74) is 0.635. The summed E-state index contributed by atoms with van der Waals surface area (Å²) in [7, 11) is -1.000. The summed E-state index contributed by atoms with van der Waals surface area (Å²) in [4.78, 5) is 11.6. The van der Waals surface area contributed by atoms with Crippen molar-refractivity contribution in [1.29, 1.82) is 0 Å². The lowest BCUT2D eigenvalue weighted by atomic mass is 10.2. The van der Waals surface area contributed by atoms with Gasteiger partial charge in [0, 0.05) is 8.07 Å². The second-order valence-corrected chi connectivity index (χ2v) is 10.8. The van der Waals surface area contributed by atoms with Crippen molar-refractivity contribution in [3.63, 3.8) is 0 Å². The highest BCUT2D eigenvalue weighted by atomic mass is 28.3. The predicted molar refractivity (Wildman–Crippen MR) is 69.5 cm³/mol. The highest BCUT2D eigenvalue weighted by Gasteiger charge is 2.12. The van der Waals surface area contributed by atoms with Gasteiger partial charge in [-0.15, -0.1) is 0 Å². The quantitative estimate of drug-likeness (QED) is 0.444. The Morgan fingerprint density at radius 2 is 1.81 bits per heavy atom. The van der Waals surface area contributed by atoms with Crippen molar-refractivity contribution in [2.45, 2.75) is 32.1 Å². The van der Waals surface area contributed by atoms with E-state index >= 15 is 0 Å². The van der Waals surface area contributed by atoms with Gasteiger partial charge in [0.25, 0.3) is 0 Å². The number of carbonyl (C=O) groups excluding carboxylic acids is 1. The van der Waals surface area contributed by atoms with Crippen LogP contribution in [0.25, 0.3) is 0 Å². The molecule has 3 heteroatoms. The molecule has 88 valence electrons. The second-order valence-electron chi connectivity index (χ2n) is 5.17. The van der Waals surface area contributed by atoms with Crippen LogP contribution in [-0.4, -0.2) is 20.7 Å². The van der Waals surface area contributed by atoms with E-state index in [1.54, 1.807) is 12.1 Å². The maximum Gasteiger partial charge on any atom is 0.338 e.